The summed E-state index contributed by atoms with van der Waals surface area (Å²) in [6.45, 7) is 1.31. The van der Waals surface area contributed by atoms with E-state index in [4.69, 9.17) is 14.2 Å². The third-order valence-corrected chi connectivity index (χ3v) is 4.62. The van der Waals surface area contributed by atoms with Gasteiger partial charge in [0.25, 0.3) is 0 Å². The number of esters is 1. The zero-order valence-electron chi connectivity index (χ0n) is 14.5. The van der Waals surface area contributed by atoms with Gasteiger partial charge in [0.05, 0.1) is 32.5 Å². The van der Waals surface area contributed by atoms with Crippen molar-refractivity contribution in [3.8, 4) is 0 Å². The van der Waals surface area contributed by atoms with Gasteiger partial charge in [-0.1, -0.05) is 12.2 Å². The highest BCUT2D eigenvalue weighted by Crippen LogP contribution is 2.29. The lowest BCUT2D eigenvalue weighted by atomic mass is 9.97. The predicted octanol–water partition coefficient (Wildman–Crippen LogP) is 2.20. The van der Waals surface area contributed by atoms with E-state index >= 15 is 0 Å². The zero-order chi connectivity index (χ0) is 17.2. The van der Waals surface area contributed by atoms with Crippen molar-refractivity contribution in [3.05, 3.63) is 12.2 Å². The number of carbonyl (C=O) groups is 1. The molecule has 0 aromatic heterocycles. The number of aliphatic hydroxyl groups is 1. The molecule has 0 aliphatic carbocycles. The molecule has 0 spiro atoms. The fourth-order valence-corrected chi connectivity index (χ4v) is 3.15. The molecular formula is C18H30O6. The van der Waals surface area contributed by atoms with Gasteiger partial charge in [-0.25, -0.2) is 0 Å². The quantitative estimate of drug-likeness (QED) is 0.393. The van der Waals surface area contributed by atoms with Crippen molar-refractivity contribution >= 4 is 5.97 Å². The Morgan fingerprint density at radius 2 is 2.17 bits per heavy atom. The minimum Gasteiger partial charge on any atom is -0.469 e. The van der Waals surface area contributed by atoms with Crippen LogP contribution in [-0.4, -0.2) is 56.5 Å². The van der Waals surface area contributed by atoms with Gasteiger partial charge in [-0.15, -0.1) is 0 Å². The number of hydrogen-bond acceptors (Lipinski definition) is 6. The summed E-state index contributed by atoms with van der Waals surface area (Å²) in [5.41, 5.74) is 0. The van der Waals surface area contributed by atoms with Gasteiger partial charge in [-0.2, -0.15) is 0 Å². The van der Waals surface area contributed by atoms with Gasteiger partial charge < -0.3 is 24.1 Å². The number of ether oxygens (including phenoxy) is 4. The Kier molecular flexibility index (Phi) is 8.74. The molecule has 0 aromatic rings. The maximum atomic E-state index is 11.0. The Bertz CT molecular complexity index is 391. The normalized spacial score (nSPS) is 30.8. The summed E-state index contributed by atoms with van der Waals surface area (Å²) in [5.74, 6) is -0.192. The maximum Gasteiger partial charge on any atom is 0.305 e. The number of aliphatic hydroxyl groups excluding tert-OH is 1. The zero-order valence-corrected chi connectivity index (χ0v) is 14.5. The largest absolute Gasteiger partial charge is 0.469 e. The van der Waals surface area contributed by atoms with E-state index in [9.17, 15) is 9.90 Å². The molecule has 2 aliphatic heterocycles. The Morgan fingerprint density at radius 1 is 1.29 bits per heavy atom. The summed E-state index contributed by atoms with van der Waals surface area (Å²) < 4.78 is 22.0. The van der Waals surface area contributed by atoms with Gasteiger partial charge in [0.15, 0.2) is 6.29 Å². The number of methoxy groups -OCH3 is 1. The minimum atomic E-state index is -0.173. The Balaban J connectivity index is 1.68. The van der Waals surface area contributed by atoms with E-state index in [0.717, 1.165) is 45.1 Å². The van der Waals surface area contributed by atoms with Crippen LogP contribution in [0.1, 0.15) is 44.9 Å². The molecule has 1 unspecified atom stereocenters. The van der Waals surface area contributed by atoms with E-state index < -0.39 is 0 Å². The predicted molar refractivity (Wildman–Crippen MR) is 88.4 cm³/mol. The van der Waals surface area contributed by atoms with Crippen LogP contribution in [0.25, 0.3) is 0 Å². The summed E-state index contributed by atoms with van der Waals surface area (Å²) in [4.78, 5) is 11.0. The molecule has 2 fully saturated rings. The second-order valence-electron chi connectivity index (χ2n) is 6.36. The lowest BCUT2D eigenvalue weighted by Gasteiger charge is -2.28. The molecule has 138 valence electrons. The lowest BCUT2D eigenvalue weighted by molar-refractivity contribution is -0.195. The van der Waals surface area contributed by atoms with E-state index in [0.29, 0.717) is 13.0 Å². The average molecular weight is 342 g/mol. The molecule has 2 rings (SSSR count). The molecule has 0 radical (unpaired) electrons. The van der Waals surface area contributed by atoms with Crippen molar-refractivity contribution in [2.24, 2.45) is 5.92 Å². The van der Waals surface area contributed by atoms with Crippen molar-refractivity contribution < 1.29 is 28.8 Å². The molecule has 1 N–H and O–H groups in total. The van der Waals surface area contributed by atoms with Gasteiger partial charge in [-0.3, -0.25) is 4.79 Å². The van der Waals surface area contributed by atoms with Crippen LogP contribution in [0.5, 0.6) is 0 Å². The van der Waals surface area contributed by atoms with Crippen LogP contribution in [0.2, 0.25) is 0 Å². The third kappa shape index (κ3) is 6.16. The van der Waals surface area contributed by atoms with E-state index in [1.54, 1.807) is 0 Å². The number of hydrogen-bond donors (Lipinski definition) is 1. The van der Waals surface area contributed by atoms with Crippen molar-refractivity contribution in [3.63, 3.8) is 0 Å². The van der Waals surface area contributed by atoms with E-state index in [1.165, 1.54) is 7.11 Å². The molecule has 0 aromatic carbocycles. The third-order valence-electron chi connectivity index (χ3n) is 4.62. The van der Waals surface area contributed by atoms with Crippen LogP contribution < -0.4 is 0 Å². The highest BCUT2D eigenvalue weighted by molar-refractivity contribution is 5.68. The first-order valence-electron chi connectivity index (χ1n) is 8.96. The number of rotatable bonds is 9. The van der Waals surface area contributed by atoms with E-state index in [-0.39, 0.29) is 37.0 Å². The van der Waals surface area contributed by atoms with Crippen molar-refractivity contribution in [1.29, 1.82) is 0 Å². The van der Waals surface area contributed by atoms with Crippen LogP contribution in [0.15, 0.2) is 12.2 Å². The molecule has 6 heteroatoms. The maximum absolute atomic E-state index is 11.0. The van der Waals surface area contributed by atoms with Crippen molar-refractivity contribution in [2.75, 3.05) is 26.9 Å². The number of unbranched alkanes of at least 4 members (excludes halogenated alkanes) is 1. The number of allylic oxidation sites excluding steroid dienone is 1. The molecular weight excluding hydrogens is 312 g/mol. The van der Waals surface area contributed by atoms with Crippen LogP contribution in [0.4, 0.5) is 0 Å². The smallest absolute Gasteiger partial charge is 0.305 e. The van der Waals surface area contributed by atoms with E-state index in [2.05, 4.69) is 16.9 Å². The summed E-state index contributed by atoms with van der Waals surface area (Å²) in [5, 5.41) is 9.69. The molecule has 2 saturated heterocycles. The molecule has 0 saturated carbocycles. The number of carbonyl (C=O) groups excluding carboxylic acids is 1. The summed E-state index contributed by atoms with van der Waals surface area (Å²) in [6, 6.07) is 0. The van der Waals surface area contributed by atoms with Gasteiger partial charge in [0, 0.05) is 18.9 Å². The topological polar surface area (TPSA) is 74.2 Å². The van der Waals surface area contributed by atoms with Crippen LogP contribution >= 0.6 is 0 Å². The molecule has 0 amide bonds. The fourth-order valence-electron chi connectivity index (χ4n) is 3.15. The Labute approximate surface area is 144 Å². The highest BCUT2D eigenvalue weighted by atomic mass is 16.7. The standard InChI is InChI=1S/C18H30O6/c1-21-17(20)9-5-3-2-4-8-15-14(12-19)16(13-23-15)24-18-10-6-7-11-22-18/h2,4,14-16,18-19H,3,5-13H2,1H3/t14-,15-,16-,18?/m1/s1. The van der Waals surface area contributed by atoms with Crippen molar-refractivity contribution in [2.45, 2.75) is 63.4 Å². The van der Waals surface area contributed by atoms with Gasteiger partial charge in [0.2, 0.25) is 0 Å². The molecule has 0 bridgehead atoms. The van der Waals surface area contributed by atoms with Gasteiger partial charge in [-0.05, 0) is 38.5 Å². The summed E-state index contributed by atoms with van der Waals surface area (Å²) >= 11 is 0. The first-order valence-corrected chi connectivity index (χ1v) is 8.96. The molecule has 2 aliphatic rings. The molecule has 24 heavy (non-hydrogen) atoms. The lowest BCUT2D eigenvalue weighted by Crippen LogP contribution is -2.35. The SMILES string of the molecule is COC(=O)CCCC=CC[C@H]1OC[C@@H](OC2CCCCO2)[C@@H]1CO. The Morgan fingerprint density at radius 3 is 2.88 bits per heavy atom. The first-order chi connectivity index (χ1) is 11.7. The Hall–Kier alpha value is -0.950. The molecule has 4 atom stereocenters. The minimum absolute atomic E-state index is 0.0183. The van der Waals surface area contributed by atoms with Crippen LogP contribution in [0, 0.1) is 5.92 Å². The first kappa shape index (κ1) is 19.4. The monoisotopic (exact) mass is 342 g/mol. The second-order valence-corrected chi connectivity index (χ2v) is 6.36. The van der Waals surface area contributed by atoms with Crippen LogP contribution in [0.3, 0.4) is 0 Å². The van der Waals surface area contributed by atoms with E-state index in [1.807, 2.05) is 0 Å². The summed E-state index contributed by atoms with van der Waals surface area (Å²) in [6.07, 6.45) is 9.76. The second kappa shape index (κ2) is 10.8. The van der Waals surface area contributed by atoms with Crippen LogP contribution in [-0.2, 0) is 23.7 Å². The van der Waals surface area contributed by atoms with Gasteiger partial charge in [0.1, 0.15) is 0 Å². The molecule has 2 heterocycles. The molecule has 6 nitrogen and oxygen atoms in total. The average Bonchev–Trinajstić information content (AvgIpc) is 3.00. The van der Waals surface area contributed by atoms with Crippen molar-refractivity contribution in [1.82, 2.24) is 0 Å². The highest BCUT2D eigenvalue weighted by Gasteiger charge is 2.38. The summed E-state index contributed by atoms with van der Waals surface area (Å²) in [7, 11) is 1.40. The van der Waals surface area contributed by atoms with Gasteiger partial charge >= 0.3 is 5.97 Å². The fraction of sp³-hybridized carbons (Fsp3) is 0.833.